The van der Waals surface area contributed by atoms with Crippen LogP contribution in [0.25, 0.3) is 11.2 Å². The molecule has 3 heterocycles. The molecule has 1 saturated heterocycles. The van der Waals surface area contributed by atoms with Gasteiger partial charge in [0.15, 0.2) is 17.4 Å². The summed E-state index contributed by atoms with van der Waals surface area (Å²) in [7, 11) is -2.92. The molecule has 0 saturated carbocycles. The molecule has 1 aliphatic rings. The van der Waals surface area contributed by atoms with E-state index in [0.717, 1.165) is 0 Å². The van der Waals surface area contributed by atoms with Crippen molar-refractivity contribution in [2.24, 2.45) is 5.92 Å². The van der Waals surface area contributed by atoms with E-state index >= 15 is 0 Å². The number of methoxy groups -OCH3 is 1. The van der Waals surface area contributed by atoms with Crippen LogP contribution in [-0.2, 0) is 37.4 Å². The molecule has 254 valence electrons. The molecule has 0 aliphatic carbocycles. The van der Waals surface area contributed by atoms with E-state index in [2.05, 4.69) is 20.0 Å². The zero-order valence-corrected chi connectivity index (χ0v) is 28.2. The Kier molecular flexibility index (Phi) is 12.1. The molecule has 45 heavy (non-hydrogen) atoms. The second-order valence-electron chi connectivity index (χ2n) is 12.3. The van der Waals surface area contributed by atoms with E-state index in [-0.39, 0.29) is 37.9 Å². The van der Waals surface area contributed by atoms with Crippen molar-refractivity contribution >= 4 is 30.8 Å². The first kappa shape index (κ1) is 36.7. The molecule has 17 heteroatoms. The summed E-state index contributed by atoms with van der Waals surface area (Å²) in [5.74, 6) is -0.649. The highest BCUT2D eigenvalue weighted by atomic mass is 31.2. The van der Waals surface area contributed by atoms with Gasteiger partial charge < -0.3 is 29.2 Å². The Bertz CT molecular complexity index is 1380. The third-order valence-corrected chi connectivity index (χ3v) is 8.33. The van der Waals surface area contributed by atoms with Crippen molar-refractivity contribution in [2.45, 2.75) is 104 Å². The molecule has 6 atom stereocenters. The van der Waals surface area contributed by atoms with Crippen LogP contribution in [0.5, 0.6) is 5.88 Å². The number of carbonyl (C=O) groups excluding carboxylic acids is 2. The van der Waals surface area contributed by atoms with E-state index in [4.69, 9.17) is 28.0 Å². The monoisotopic (exact) mass is 659 g/mol. The summed E-state index contributed by atoms with van der Waals surface area (Å²) in [5, 5.41) is 25.1. The number of ether oxygens (including phenoxy) is 4. The molecular weight excluding hydrogens is 613 g/mol. The van der Waals surface area contributed by atoms with Gasteiger partial charge in [-0.2, -0.15) is 4.98 Å². The van der Waals surface area contributed by atoms with Crippen LogP contribution in [0, 0.1) is 12.8 Å². The predicted octanol–water partition coefficient (Wildman–Crippen LogP) is 2.59. The molecule has 2 unspecified atom stereocenters. The van der Waals surface area contributed by atoms with E-state index in [9.17, 15) is 24.4 Å². The Labute approximate surface area is 262 Å². The number of aromatic nitrogens is 4. The molecule has 1 fully saturated rings. The second kappa shape index (κ2) is 14.8. The average Bonchev–Trinajstić information content (AvgIpc) is 3.43. The van der Waals surface area contributed by atoms with Gasteiger partial charge in [-0.05, 0) is 53.9 Å². The largest absolute Gasteiger partial charge is 0.479 e. The number of aliphatic hydroxyl groups is 2. The topological polar surface area (TPSA) is 203 Å². The van der Waals surface area contributed by atoms with E-state index in [1.807, 2.05) is 13.8 Å². The fraction of sp³-hybridized carbons (Fsp3) is 0.750. The van der Waals surface area contributed by atoms with Crippen molar-refractivity contribution < 1.29 is 52.4 Å². The first-order valence-corrected chi connectivity index (χ1v) is 16.3. The average molecular weight is 660 g/mol. The van der Waals surface area contributed by atoms with Gasteiger partial charge in [0.25, 0.3) is 0 Å². The highest BCUT2D eigenvalue weighted by molar-refractivity contribution is 7.51. The zero-order chi connectivity index (χ0) is 33.7. The second-order valence-corrected chi connectivity index (χ2v) is 14.1. The molecule has 0 bridgehead atoms. The Morgan fingerprint density at radius 2 is 1.93 bits per heavy atom. The normalized spacial score (nSPS) is 24.0. The maximum Gasteiger partial charge on any atom is 0.406 e. The third kappa shape index (κ3) is 9.41. The molecule has 16 nitrogen and oxygen atoms in total. The highest BCUT2D eigenvalue weighted by Crippen LogP contribution is 2.47. The molecule has 1 aliphatic heterocycles. The minimum Gasteiger partial charge on any atom is -0.479 e. The van der Waals surface area contributed by atoms with Crippen LogP contribution < -0.4 is 9.82 Å². The van der Waals surface area contributed by atoms with Gasteiger partial charge in [-0.3, -0.25) is 23.2 Å². The molecule has 0 radical (unpaired) electrons. The summed E-state index contributed by atoms with van der Waals surface area (Å²) >= 11 is 0. The van der Waals surface area contributed by atoms with Crippen LogP contribution in [0.15, 0.2) is 6.33 Å². The van der Waals surface area contributed by atoms with Crippen LogP contribution in [0.1, 0.15) is 73.4 Å². The zero-order valence-electron chi connectivity index (χ0n) is 27.3. The Hall–Kier alpha value is -2.72. The summed E-state index contributed by atoms with van der Waals surface area (Å²) < 4.78 is 48.5. The first-order chi connectivity index (χ1) is 20.9. The van der Waals surface area contributed by atoms with Crippen molar-refractivity contribution in [3.8, 4) is 5.88 Å². The third-order valence-electron chi connectivity index (χ3n) is 6.69. The highest BCUT2D eigenvalue weighted by Gasteiger charge is 2.54. The lowest BCUT2D eigenvalue weighted by Crippen LogP contribution is -2.44. The number of aliphatic hydroxyl groups excluding tert-OH is 1. The maximum absolute atomic E-state index is 14.0. The van der Waals surface area contributed by atoms with Crippen molar-refractivity contribution in [1.29, 1.82) is 0 Å². The Balaban J connectivity index is 1.84. The maximum atomic E-state index is 14.0. The summed E-state index contributed by atoms with van der Waals surface area (Å²) in [6.07, 6.45) is -2.59. The van der Waals surface area contributed by atoms with E-state index in [1.54, 1.807) is 34.6 Å². The number of hydrogen-bond donors (Lipinski definition) is 3. The number of fused-ring (bicyclic) bond motifs is 1. The molecular formula is C28H46N5O11P. The Morgan fingerprint density at radius 1 is 1.24 bits per heavy atom. The molecule has 0 amide bonds. The number of nitrogens with one attached hydrogen (secondary N) is 1. The lowest BCUT2D eigenvalue weighted by atomic mass is 9.96. The van der Waals surface area contributed by atoms with Crippen molar-refractivity contribution in [1.82, 2.24) is 24.6 Å². The van der Waals surface area contributed by atoms with Gasteiger partial charge in [0, 0.05) is 0 Å². The molecule has 0 aromatic carbocycles. The van der Waals surface area contributed by atoms with Crippen LogP contribution in [-0.4, -0.2) is 98.1 Å². The van der Waals surface area contributed by atoms with Crippen molar-refractivity contribution in [3.05, 3.63) is 12.2 Å². The summed E-state index contributed by atoms with van der Waals surface area (Å²) in [6.45, 7) is 12.7. The van der Waals surface area contributed by atoms with E-state index in [0.29, 0.717) is 17.0 Å². The van der Waals surface area contributed by atoms with Gasteiger partial charge in [0.2, 0.25) is 5.88 Å². The minimum atomic E-state index is -4.36. The number of imidazole rings is 1. The number of aryl methyl sites for hydroxylation is 1. The smallest absolute Gasteiger partial charge is 0.406 e. The van der Waals surface area contributed by atoms with Crippen LogP contribution in [0.4, 0.5) is 0 Å². The summed E-state index contributed by atoms with van der Waals surface area (Å²) in [6, 6.07) is -1.07. The Morgan fingerprint density at radius 3 is 2.53 bits per heavy atom. The summed E-state index contributed by atoms with van der Waals surface area (Å²) in [4.78, 5) is 37.9. The van der Waals surface area contributed by atoms with E-state index < -0.39 is 62.0 Å². The number of hydrogen-bond acceptors (Lipinski definition) is 14. The SMILES string of the molecule is CCOC(=O)[C@H](CC(C)C)NP(=O)(OCCC(=O)OC(C)(C)C)OC[C@H]1O[C@@H](n2cnc3c(OC)nc(C)nc32)[C@@](C)(O)C1O. The van der Waals surface area contributed by atoms with Gasteiger partial charge in [-0.25, -0.2) is 19.6 Å². The van der Waals surface area contributed by atoms with E-state index in [1.165, 1.54) is 24.9 Å². The number of nitrogens with zero attached hydrogens (tertiary/aromatic N) is 4. The van der Waals surface area contributed by atoms with Gasteiger partial charge in [-0.15, -0.1) is 0 Å². The summed E-state index contributed by atoms with van der Waals surface area (Å²) in [5.41, 5.74) is -2.00. The minimum absolute atomic E-state index is 0.00552. The lowest BCUT2D eigenvalue weighted by Gasteiger charge is -2.28. The van der Waals surface area contributed by atoms with Crippen LogP contribution in [0.3, 0.4) is 0 Å². The van der Waals surface area contributed by atoms with Crippen molar-refractivity contribution in [3.63, 3.8) is 0 Å². The van der Waals surface area contributed by atoms with Crippen LogP contribution in [0.2, 0.25) is 0 Å². The lowest BCUT2D eigenvalue weighted by molar-refractivity contribution is -0.155. The van der Waals surface area contributed by atoms with Crippen LogP contribution >= 0.6 is 7.75 Å². The van der Waals surface area contributed by atoms with Gasteiger partial charge in [0.05, 0.1) is 39.7 Å². The number of rotatable bonds is 15. The molecule has 3 rings (SSSR count). The fourth-order valence-electron chi connectivity index (χ4n) is 4.72. The fourth-order valence-corrected chi connectivity index (χ4v) is 6.21. The molecule has 3 N–H and O–H groups in total. The van der Waals surface area contributed by atoms with Crippen molar-refractivity contribution in [2.75, 3.05) is 26.9 Å². The molecule has 2 aromatic heterocycles. The van der Waals surface area contributed by atoms with Gasteiger partial charge in [0.1, 0.15) is 35.3 Å². The quantitative estimate of drug-likeness (QED) is 0.186. The number of esters is 2. The van der Waals surface area contributed by atoms with Gasteiger partial charge in [-0.1, -0.05) is 13.8 Å². The predicted molar refractivity (Wildman–Crippen MR) is 160 cm³/mol. The standard InChI is InChI=1S/C28H46N5O11P/c1-10-40-25(36)18(13-16(2)3)32-45(38,41-12-11-20(34)44-27(5,6)7)42-14-19-22(35)28(8,37)26(43-19)33-15-29-21-23(33)30-17(4)31-24(21)39-9/h15-16,18-19,22,26,35,37H,10-14H2,1-9H3,(H,32,38)/t18-,19+,22?,26+,28-,45?/m0/s1. The first-order valence-electron chi connectivity index (χ1n) is 14.8. The van der Waals surface area contributed by atoms with Gasteiger partial charge >= 0.3 is 19.7 Å². The number of carbonyl (C=O) groups is 2. The molecule has 0 spiro atoms. The molecule has 2 aromatic rings.